The zero-order valence-electron chi connectivity index (χ0n) is 9.59. The van der Waals surface area contributed by atoms with Gasteiger partial charge in [-0.15, -0.1) is 0 Å². The van der Waals surface area contributed by atoms with E-state index in [-0.39, 0.29) is 17.8 Å². The smallest absolute Gasteiger partial charge is 0.127 e. The zero-order valence-corrected chi connectivity index (χ0v) is 9.59. The highest BCUT2D eigenvalue weighted by molar-refractivity contribution is 5.23. The van der Waals surface area contributed by atoms with Crippen LogP contribution in [0.2, 0.25) is 0 Å². The number of aliphatic hydroxyl groups excluding tert-OH is 1. The number of hydrogen-bond acceptors (Lipinski definition) is 2. The monoisotopic (exact) mass is 223 g/mol. The molecule has 1 aliphatic carbocycles. The first-order chi connectivity index (χ1) is 7.65. The molecule has 0 aromatic heterocycles. The van der Waals surface area contributed by atoms with E-state index in [4.69, 9.17) is 5.11 Å². The number of hydrogen-bond donors (Lipinski definition) is 2. The van der Waals surface area contributed by atoms with Gasteiger partial charge in [-0.1, -0.05) is 17.7 Å². The highest BCUT2D eigenvalue weighted by Crippen LogP contribution is 2.44. The molecule has 0 unspecified atom stereocenters. The average Bonchev–Trinajstić information content (AvgIpc) is 3.04. The first-order valence-corrected chi connectivity index (χ1v) is 5.72. The van der Waals surface area contributed by atoms with E-state index in [0.717, 1.165) is 24.9 Å². The Morgan fingerprint density at radius 1 is 1.44 bits per heavy atom. The third kappa shape index (κ3) is 2.60. The van der Waals surface area contributed by atoms with E-state index in [2.05, 4.69) is 5.32 Å². The van der Waals surface area contributed by atoms with E-state index in [0.29, 0.717) is 12.1 Å². The van der Waals surface area contributed by atoms with Gasteiger partial charge in [0.05, 0.1) is 0 Å². The summed E-state index contributed by atoms with van der Waals surface area (Å²) in [6.45, 7) is 3.50. The first kappa shape index (κ1) is 11.6. The maximum absolute atomic E-state index is 13.4. The van der Waals surface area contributed by atoms with Crippen molar-refractivity contribution in [3.63, 3.8) is 0 Å². The molecule has 0 radical (unpaired) electrons. The fourth-order valence-electron chi connectivity index (χ4n) is 1.87. The van der Waals surface area contributed by atoms with Crippen molar-refractivity contribution in [2.24, 2.45) is 5.41 Å². The Balaban J connectivity index is 1.87. The van der Waals surface area contributed by atoms with Crippen molar-refractivity contribution in [3.05, 3.63) is 35.1 Å². The van der Waals surface area contributed by atoms with Crippen LogP contribution >= 0.6 is 0 Å². The van der Waals surface area contributed by atoms with Gasteiger partial charge in [-0.3, -0.25) is 0 Å². The van der Waals surface area contributed by atoms with E-state index in [1.54, 1.807) is 6.07 Å². The molecule has 1 aromatic rings. The molecule has 0 saturated heterocycles. The third-order valence-electron chi connectivity index (χ3n) is 3.31. The average molecular weight is 223 g/mol. The summed E-state index contributed by atoms with van der Waals surface area (Å²) in [5.74, 6) is -0.160. The summed E-state index contributed by atoms with van der Waals surface area (Å²) in [5.41, 5.74) is 1.86. The Hall–Kier alpha value is -0.930. The number of aliphatic hydroxyl groups is 1. The molecule has 0 amide bonds. The number of benzene rings is 1. The van der Waals surface area contributed by atoms with Gasteiger partial charge in [0.15, 0.2) is 0 Å². The van der Waals surface area contributed by atoms with Gasteiger partial charge in [0, 0.05) is 30.7 Å². The Morgan fingerprint density at radius 3 is 2.81 bits per heavy atom. The van der Waals surface area contributed by atoms with Gasteiger partial charge in [-0.05, 0) is 25.8 Å². The van der Waals surface area contributed by atoms with Crippen molar-refractivity contribution in [1.82, 2.24) is 5.32 Å². The second-order valence-corrected chi connectivity index (χ2v) is 4.86. The van der Waals surface area contributed by atoms with Crippen LogP contribution in [0.3, 0.4) is 0 Å². The molecule has 2 N–H and O–H groups in total. The summed E-state index contributed by atoms with van der Waals surface area (Å²) < 4.78 is 13.4. The highest BCUT2D eigenvalue weighted by Gasteiger charge is 2.41. The van der Waals surface area contributed by atoms with Crippen LogP contribution in [0.1, 0.15) is 24.0 Å². The van der Waals surface area contributed by atoms with Crippen LogP contribution in [-0.2, 0) is 6.54 Å². The number of halogens is 1. The van der Waals surface area contributed by atoms with Crippen LogP contribution in [0.4, 0.5) is 4.39 Å². The molecule has 1 fully saturated rings. The molecule has 0 bridgehead atoms. The quantitative estimate of drug-likeness (QED) is 0.800. The molecule has 1 aromatic carbocycles. The maximum atomic E-state index is 13.4. The Bertz CT molecular complexity index is 374. The second kappa shape index (κ2) is 4.52. The topological polar surface area (TPSA) is 32.3 Å². The van der Waals surface area contributed by atoms with E-state index >= 15 is 0 Å². The lowest BCUT2D eigenvalue weighted by atomic mass is 10.1. The number of rotatable bonds is 5. The summed E-state index contributed by atoms with van der Waals surface area (Å²) in [6, 6.07) is 5.14. The molecule has 88 valence electrons. The minimum atomic E-state index is -0.160. The summed E-state index contributed by atoms with van der Waals surface area (Å²) >= 11 is 0. The SMILES string of the molecule is Cc1ccc(F)c(CNCC2(CO)CC2)c1. The van der Waals surface area contributed by atoms with E-state index in [1.165, 1.54) is 6.07 Å². The standard InChI is InChI=1S/C13H18FNO/c1-10-2-3-12(14)11(6-10)7-15-8-13(9-16)4-5-13/h2-3,6,15-16H,4-5,7-9H2,1H3. The van der Waals surface area contributed by atoms with Crippen molar-refractivity contribution >= 4 is 0 Å². The van der Waals surface area contributed by atoms with Crippen molar-refractivity contribution in [3.8, 4) is 0 Å². The minimum Gasteiger partial charge on any atom is -0.396 e. The molecule has 2 nitrogen and oxygen atoms in total. The van der Waals surface area contributed by atoms with Crippen LogP contribution in [0.25, 0.3) is 0 Å². The molecule has 0 atom stereocenters. The van der Waals surface area contributed by atoms with Crippen LogP contribution < -0.4 is 5.32 Å². The Morgan fingerprint density at radius 2 is 2.19 bits per heavy atom. The van der Waals surface area contributed by atoms with E-state index < -0.39 is 0 Å². The lowest BCUT2D eigenvalue weighted by Gasteiger charge is -2.13. The number of nitrogens with one attached hydrogen (secondary N) is 1. The van der Waals surface area contributed by atoms with Crippen molar-refractivity contribution in [1.29, 1.82) is 0 Å². The summed E-state index contributed by atoms with van der Waals surface area (Å²) in [7, 11) is 0. The summed E-state index contributed by atoms with van der Waals surface area (Å²) in [4.78, 5) is 0. The predicted octanol–water partition coefficient (Wildman–Crippen LogP) is 2.00. The highest BCUT2D eigenvalue weighted by atomic mass is 19.1. The van der Waals surface area contributed by atoms with Gasteiger partial charge < -0.3 is 10.4 Å². The second-order valence-electron chi connectivity index (χ2n) is 4.86. The minimum absolute atomic E-state index is 0.0836. The molecular weight excluding hydrogens is 205 g/mol. The van der Waals surface area contributed by atoms with Gasteiger partial charge in [0.1, 0.15) is 5.82 Å². The van der Waals surface area contributed by atoms with Crippen LogP contribution in [0.15, 0.2) is 18.2 Å². The molecular formula is C13H18FNO. The molecule has 0 heterocycles. The van der Waals surface area contributed by atoms with Gasteiger partial charge in [0.2, 0.25) is 0 Å². The molecule has 3 heteroatoms. The first-order valence-electron chi connectivity index (χ1n) is 5.72. The van der Waals surface area contributed by atoms with Crippen LogP contribution in [-0.4, -0.2) is 18.3 Å². The fraction of sp³-hybridized carbons (Fsp3) is 0.538. The van der Waals surface area contributed by atoms with E-state index in [9.17, 15) is 4.39 Å². The molecule has 0 spiro atoms. The van der Waals surface area contributed by atoms with Gasteiger partial charge in [0.25, 0.3) is 0 Å². The lowest BCUT2D eigenvalue weighted by Crippen LogP contribution is -2.26. The van der Waals surface area contributed by atoms with Crippen molar-refractivity contribution in [2.75, 3.05) is 13.2 Å². The fourth-order valence-corrected chi connectivity index (χ4v) is 1.87. The van der Waals surface area contributed by atoms with Gasteiger partial charge >= 0.3 is 0 Å². The summed E-state index contributed by atoms with van der Waals surface area (Å²) in [6.07, 6.45) is 2.15. The Labute approximate surface area is 95.5 Å². The normalized spacial score (nSPS) is 17.4. The lowest BCUT2D eigenvalue weighted by molar-refractivity contribution is 0.207. The molecule has 1 aliphatic rings. The van der Waals surface area contributed by atoms with Crippen LogP contribution in [0, 0.1) is 18.2 Å². The summed E-state index contributed by atoms with van der Waals surface area (Å²) in [5, 5.41) is 12.4. The van der Waals surface area contributed by atoms with Gasteiger partial charge in [-0.25, -0.2) is 4.39 Å². The molecule has 1 saturated carbocycles. The van der Waals surface area contributed by atoms with E-state index in [1.807, 2.05) is 13.0 Å². The molecule has 0 aliphatic heterocycles. The number of aryl methyl sites for hydroxylation is 1. The molecule has 16 heavy (non-hydrogen) atoms. The van der Waals surface area contributed by atoms with Crippen molar-refractivity contribution < 1.29 is 9.50 Å². The van der Waals surface area contributed by atoms with Crippen molar-refractivity contribution in [2.45, 2.75) is 26.3 Å². The largest absolute Gasteiger partial charge is 0.396 e. The zero-order chi connectivity index (χ0) is 11.6. The predicted molar refractivity (Wildman–Crippen MR) is 61.6 cm³/mol. The maximum Gasteiger partial charge on any atom is 0.127 e. The third-order valence-corrected chi connectivity index (χ3v) is 3.31. The van der Waals surface area contributed by atoms with Crippen LogP contribution in [0.5, 0.6) is 0 Å². The molecule has 2 rings (SSSR count). The van der Waals surface area contributed by atoms with Gasteiger partial charge in [-0.2, -0.15) is 0 Å². The Kier molecular flexibility index (Phi) is 3.26.